The average molecular weight is 674 g/mol. The lowest BCUT2D eigenvalue weighted by Crippen LogP contribution is -1.94. The highest BCUT2D eigenvalue weighted by atomic mass is 15.0. The Hall–Kier alpha value is -7.10. The molecule has 0 aliphatic heterocycles. The molecule has 0 saturated carbocycles. The van der Waals surface area contributed by atoms with Gasteiger partial charge in [-0.15, -0.1) is 0 Å². The van der Waals surface area contributed by atoms with Crippen molar-refractivity contribution in [1.82, 2.24) is 14.5 Å². The smallest absolute Gasteiger partial charge is 0.0979 e. The second kappa shape index (κ2) is 11.7. The first-order valence-electron chi connectivity index (χ1n) is 18.1. The molecule has 11 aromatic rings. The molecule has 0 fully saturated rings. The van der Waals surface area contributed by atoms with Crippen molar-refractivity contribution in [1.29, 1.82) is 0 Å². The van der Waals surface area contributed by atoms with Crippen molar-refractivity contribution in [2.24, 2.45) is 0 Å². The molecule has 0 aliphatic carbocycles. The quantitative estimate of drug-likeness (QED) is 0.174. The first kappa shape index (κ1) is 29.6. The van der Waals surface area contributed by atoms with Gasteiger partial charge >= 0.3 is 0 Å². The van der Waals surface area contributed by atoms with Crippen LogP contribution in [0.1, 0.15) is 0 Å². The van der Waals surface area contributed by atoms with E-state index < -0.39 is 0 Å². The first-order chi connectivity index (χ1) is 26.3. The molecule has 9 aromatic carbocycles. The molecule has 11 rings (SSSR count). The van der Waals surface area contributed by atoms with E-state index in [-0.39, 0.29) is 0 Å². The van der Waals surface area contributed by atoms with Gasteiger partial charge in [0.2, 0.25) is 0 Å². The molecule has 3 heteroatoms. The second-order valence-corrected chi connectivity index (χ2v) is 13.7. The van der Waals surface area contributed by atoms with Gasteiger partial charge in [-0.2, -0.15) is 0 Å². The maximum atomic E-state index is 5.27. The zero-order valence-corrected chi connectivity index (χ0v) is 28.7. The minimum atomic E-state index is 0.865. The van der Waals surface area contributed by atoms with Crippen LogP contribution >= 0.6 is 0 Å². The van der Waals surface area contributed by atoms with Gasteiger partial charge in [0.05, 0.1) is 34.0 Å². The summed E-state index contributed by atoms with van der Waals surface area (Å²) in [6.07, 6.45) is 1.92. The van der Waals surface area contributed by atoms with Crippen molar-refractivity contribution < 1.29 is 0 Å². The number of aromatic nitrogens is 3. The summed E-state index contributed by atoms with van der Waals surface area (Å²) in [4.78, 5) is 10.3. The topological polar surface area (TPSA) is 30.7 Å². The molecule has 2 heterocycles. The van der Waals surface area contributed by atoms with Crippen LogP contribution in [0.4, 0.5) is 0 Å². The van der Waals surface area contributed by atoms with Crippen LogP contribution in [0.3, 0.4) is 0 Å². The first-order valence-corrected chi connectivity index (χ1v) is 18.1. The van der Waals surface area contributed by atoms with Crippen LogP contribution in [0.2, 0.25) is 0 Å². The average Bonchev–Trinajstić information content (AvgIpc) is 3.58. The summed E-state index contributed by atoms with van der Waals surface area (Å²) in [7, 11) is 0. The standard InChI is InChI=1S/C50H31N3/c1-3-18-44-40(14-1)41-15-2-4-19-45(41)50-49(44)51-31-46(52-50)34-13-9-12-33(30-34)37-21-11-22-38-36(20-10-23-39(37)38)32-26-28-35(29-27-32)53-47-24-7-5-16-42(47)43-17-6-8-25-48(43)53/h1-31H. The van der Waals surface area contributed by atoms with Gasteiger partial charge in [-0.25, -0.2) is 4.98 Å². The predicted octanol–water partition coefficient (Wildman–Crippen LogP) is 13.2. The van der Waals surface area contributed by atoms with Gasteiger partial charge in [-0.1, -0.05) is 152 Å². The SMILES string of the molecule is c1cc(-c2cnc3c4ccccc4c4ccccc4c3n2)cc(-c2cccc3c(-c4ccc(-n5c6ccccc6c6ccccc65)cc4)cccc23)c1. The number of rotatable bonds is 4. The van der Waals surface area contributed by atoms with Gasteiger partial charge in [0.25, 0.3) is 0 Å². The van der Waals surface area contributed by atoms with Crippen LogP contribution in [-0.4, -0.2) is 14.5 Å². The lowest BCUT2D eigenvalue weighted by molar-refractivity contribution is 1.18. The highest BCUT2D eigenvalue weighted by Crippen LogP contribution is 2.39. The molecule has 0 bridgehead atoms. The number of nitrogens with zero attached hydrogens (tertiary/aromatic N) is 3. The van der Waals surface area contributed by atoms with Gasteiger partial charge in [-0.05, 0) is 74.1 Å². The van der Waals surface area contributed by atoms with Crippen LogP contribution in [0.5, 0.6) is 0 Å². The molecule has 0 N–H and O–H groups in total. The zero-order valence-electron chi connectivity index (χ0n) is 28.7. The van der Waals surface area contributed by atoms with Gasteiger partial charge in [0.1, 0.15) is 0 Å². The van der Waals surface area contributed by atoms with E-state index in [1.165, 1.54) is 60.0 Å². The van der Waals surface area contributed by atoms with Crippen molar-refractivity contribution in [3.8, 4) is 39.2 Å². The zero-order chi connectivity index (χ0) is 34.9. The Morgan fingerprint density at radius 1 is 0.340 bits per heavy atom. The number of fused-ring (bicyclic) bond motifs is 10. The molecule has 0 atom stereocenters. The highest BCUT2D eigenvalue weighted by molar-refractivity contribution is 6.23. The fourth-order valence-electron chi connectivity index (χ4n) is 8.41. The third kappa shape index (κ3) is 4.61. The summed E-state index contributed by atoms with van der Waals surface area (Å²) >= 11 is 0. The molecule has 53 heavy (non-hydrogen) atoms. The normalized spacial score (nSPS) is 11.8. The fourth-order valence-corrected chi connectivity index (χ4v) is 8.41. The summed E-state index contributed by atoms with van der Waals surface area (Å²) in [6, 6.07) is 65.3. The van der Waals surface area contributed by atoms with E-state index in [4.69, 9.17) is 9.97 Å². The lowest BCUT2D eigenvalue weighted by Gasteiger charge is -2.14. The molecule has 2 aromatic heterocycles. The van der Waals surface area contributed by atoms with E-state index in [2.05, 4.69) is 187 Å². The van der Waals surface area contributed by atoms with E-state index in [0.717, 1.165) is 44.3 Å². The van der Waals surface area contributed by atoms with Crippen LogP contribution in [-0.2, 0) is 0 Å². The molecule has 0 aliphatic rings. The van der Waals surface area contributed by atoms with E-state index in [1.807, 2.05) is 6.20 Å². The van der Waals surface area contributed by atoms with Crippen molar-refractivity contribution in [2.75, 3.05) is 0 Å². The van der Waals surface area contributed by atoms with Gasteiger partial charge in [0.15, 0.2) is 0 Å². The summed E-state index contributed by atoms with van der Waals surface area (Å²) in [6.45, 7) is 0. The number of para-hydroxylation sites is 2. The molecule has 3 nitrogen and oxygen atoms in total. The Kier molecular flexibility index (Phi) is 6.55. The van der Waals surface area contributed by atoms with Crippen molar-refractivity contribution >= 4 is 65.2 Å². The van der Waals surface area contributed by atoms with Crippen molar-refractivity contribution in [2.45, 2.75) is 0 Å². The monoisotopic (exact) mass is 673 g/mol. The Labute approximate surface area is 306 Å². The van der Waals surface area contributed by atoms with Crippen LogP contribution < -0.4 is 0 Å². The molecule has 0 radical (unpaired) electrons. The Morgan fingerprint density at radius 3 is 1.47 bits per heavy atom. The summed E-state index contributed by atoms with van der Waals surface area (Å²) in [5.74, 6) is 0. The van der Waals surface area contributed by atoms with E-state index in [0.29, 0.717) is 0 Å². The third-order valence-electron chi connectivity index (χ3n) is 10.8. The van der Waals surface area contributed by atoms with E-state index in [1.54, 1.807) is 0 Å². The number of hydrogen-bond acceptors (Lipinski definition) is 2. The summed E-state index contributed by atoms with van der Waals surface area (Å²) < 4.78 is 2.37. The predicted molar refractivity (Wildman–Crippen MR) is 223 cm³/mol. The largest absolute Gasteiger partial charge is 0.309 e. The minimum Gasteiger partial charge on any atom is -0.309 e. The minimum absolute atomic E-state index is 0.865. The van der Waals surface area contributed by atoms with Crippen LogP contribution in [0.15, 0.2) is 188 Å². The van der Waals surface area contributed by atoms with Crippen LogP contribution in [0.25, 0.3) is 104 Å². The Bertz CT molecular complexity index is 3140. The molecule has 0 amide bonds. The van der Waals surface area contributed by atoms with Gasteiger partial charge < -0.3 is 4.57 Å². The maximum absolute atomic E-state index is 5.27. The molecule has 246 valence electrons. The number of hydrogen-bond donors (Lipinski definition) is 0. The molecular weight excluding hydrogens is 643 g/mol. The molecule has 0 spiro atoms. The van der Waals surface area contributed by atoms with Crippen molar-refractivity contribution in [3.63, 3.8) is 0 Å². The summed E-state index contributed by atoms with van der Waals surface area (Å²) in [5, 5.41) is 9.64. The third-order valence-corrected chi connectivity index (χ3v) is 10.8. The van der Waals surface area contributed by atoms with Crippen LogP contribution in [0, 0.1) is 0 Å². The molecular formula is C50H31N3. The fraction of sp³-hybridized carbons (Fsp3) is 0. The van der Waals surface area contributed by atoms with Crippen molar-refractivity contribution in [3.05, 3.63) is 188 Å². The maximum Gasteiger partial charge on any atom is 0.0979 e. The van der Waals surface area contributed by atoms with Gasteiger partial charge in [-0.3, -0.25) is 4.98 Å². The Morgan fingerprint density at radius 2 is 0.830 bits per heavy atom. The molecule has 0 saturated heterocycles. The second-order valence-electron chi connectivity index (χ2n) is 13.7. The summed E-state index contributed by atoms with van der Waals surface area (Å²) in [5.41, 5.74) is 12.1. The molecule has 0 unspecified atom stereocenters. The van der Waals surface area contributed by atoms with E-state index >= 15 is 0 Å². The lowest BCUT2D eigenvalue weighted by atomic mass is 9.92. The Balaban J connectivity index is 0.998. The number of benzene rings is 9. The highest BCUT2D eigenvalue weighted by Gasteiger charge is 2.15. The van der Waals surface area contributed by atoms with Gasteiger partial charge in [0, 0.05) is 32.8 Å². The van der Waals surface area contributed by atoms with E-state index in [9.17, 15) is 0 Å².